The molecule has 0 heterocycles. The van der Waals surface area contributed by atoms with E-state index in [2.05, 4.69) is 10.6 Å². The van der Waals surface area contributed by atoms with Crippen molar-refractivity contribution in [3.8, 4) is 0 Å². The highest BCUT2D eigenvalue weighted by Crippen LogP contribution is 2.55. The van der Waals surface area contributed by atoms with Gasteiger partial charge in [-0.3, -0.25) is 4.79 Å². The van der Waals surface area contributed by atoms with Crippen molar-refractivity contribution in [2.75, 3.05) is 13.2 Å². The molecule has 0 aromatic heterocycles. The van der Waals surface area contributed by atoms with Gasteiger partial charge in [-0.25, -0.2) is 9.59 Å². The van der Waals surface area contributed by atoms with Crippen LogP contribution in [0, 0.1) is 17.8 Å². The van der Waals surface area contributed by atoms with Crippen LogP contribution in [-0.2, 0) is 14.3 Å². The van der Waals surface area contributed by atoms with Gasteiger partial charge in [0.1, 0.15) is 0 Å². The van der Waals surface area contributed by atoms with Gasteiger partial charge >= 0.3 is 18.0 Å². The highest BCUT2D eigenvalue weighted by molar-refractivity contribution is 5.89. The molecular weight excluding hydrogens is 480 g/mol. The highest BCUT2D eigenvalue weighted by Gasteiger charge is 2.51. The molecule has 6 rings (SSSR count). The van der Waals surface area contributed by atoms with E-state index in [0.717, 1.165) is 48.1 Å². The Morgan fingerprint density at radius 1 is 0.895 bits per heavy atom. The summed E-state index contributed by atoms with van der Waals surface area (Å²) in [6.07, 6.45) is 7.45. The Hall–Kier alpha value is -3.35. The maximum Gasteiger partial charge on any atom is 0.338 e. The van der Waals surface area contributed by atoms with Gasteiger partial charge in [-0.05, 0) is 92.9 Å². The quantitative estimate of drug-likeness (QED) is 0.318. The van der Waals surface area contributed by atoms with Gasteiger partial charge in [0.2, 0.25) is 0 Å². The Kier molecular flexibility index (Phi) is 8.01. The zero-order chi connectivity index (χ0) is 26.5. The lowest BCUT2D eigenvalue weighted by molar-refractivity contribution is -0.147. The van der Waals surface area contributed by atoms with Crippen LogP contribution in [0.15, 0.2) is 54.6 Å². The molecular formula is C31H38N2O5. The first kappa shape index (κ1) is 26.3. The number of urea groups is 1. The maximum absolute atomic E-state index is 12.8. The molecule has 2 aromatic rings. The van der Waals surface area contributed by atoms with Crippen LogP contribution in [0.2, 0.25) is 0 Å². The molecule has 0 spiro atoms. The van der Waals surface area contributed by atoms with Crippen molar-refractivity contribution in [2.24, 2.45) is 17.8 Å². The molecule has 0 radical (unpaired) electrons. The van der Waals surface area contributed by atoms with Gasteiger partial charge in [-0.2, -0.15) is 0 Å². The molecule has 202 valence electrons. The summed E-state index contributed by atoms with van der Waals surface area (Å²) in [6, 6.07) is 16.3. The summed E-state index contributed by atoms with van der Waals surface area (Å²) in [7, 11) is 0. The number of ether oxygens (including phenoxy) is 2. The molecule has 4 bridgehead atoms. The first-order valence-corrected chi connectivity index (χ1v) is 14.0. The molecule has 2 amide bonds. The summed E-state index contributed by atoms with van der Waals surface area (Å²) in [6.45, 7) is 2.49. The topological polar surface area (TPSA) is 93.7 Å². The molecule has 0 aliphatic heterocycles. The van der Waals surface area contributed by atoms with Crippen molar-refractivity contribution in [3.05, 3.63) is 71.3 Å². The van der Waals surface area contributed by atoms with Gasteiger partial charge < -0.3 is 20.1 Å². The van der Waals surface area contributed by atoms with Gasteiger partial charge in [-0.1, -0.05) is 42.5 Å². The number of carbonyl (C=O) groups excluding carboxylic acids is 3. The fourth-order valence-electron chi connectivity index (χ4n) is 7.14. The number of nitrogens with one attached hydrogen (secondary N) is 2. The lowest BCUT2D eigenvalue weighted by atomic mass is 9.53. The van der Waals surface area contributed by atoms with Crippen LogP contribution in [0.3, 0.4) is 0 Å². The van der Waals surface area contributed by atoms with Crippen molar-refractivity contribution >= 4 is 18.0 Å². The second-order valence-corrected chi connectivity index (χ2v) is 11.3. The van der Waals surface area contributed by atoms with Crippen LogP contribution in [0.5, 0.6) is 0 Å². The molecule has 4 saturated carbocycles. The second kappa shape index (κ2) is 11.6. The van der Waals surface area contributed by atoms with Crippen molar-refractivity contribution in [1.29, 1.82) is 0 Å². The summed E-state index contributed by atoms with van der Waals surface area (Å²) < 4.78 is 10.9. The van der Waals surface area contributed by atoms with Crippen molar-refractivity contribution in [3.63, 3.8) is 0 Å². The fourth-order valence-corrected chi connectivity index (χ4v) is 7.14. The minimum atomic E-state index is -0.590. The van der Waals surface area contributed by atoms with Gasteiger partial charge in [0.25, 0.3) is 0 Å². The summed E-state index contributed by atoms with van der Waals surface area (Å²) in [4.78, 5) is 37.5. The molecule has 2 N–H and O–H groups in total. The number of esters is 2. The van der Waals surface area contributed by atoms with Crippen LogP contribution in [-0.4, -0.2) is 36.7 Å². The highest BCUT2D eigenvalue weighted by atomic mass is 16.5. The van der Waals surface area contributed by atoms with Gasteiger partial charge in [0, 0.05) is 18.5 Å². The first-order valence-electron chi connectivity index (χ1n) is 14.0. The molecule has 7 nitrogen and oxygen atoms in total. The number of benzene rings is 2. The Morgan fingerprint density at radius 2 is 1.50 bits per heavy atom. The zero-order valence-electron chi connectivity index (χ0n) is 22.1. The van der Waals surface area contributed by atoms with Crippen LogP contribution in [0.1, 0.15) is 85.9 Å². The Labute approximate surface area is 224 Å². The van der Waals surface area contributed by atoms with Crippen molar-refractivity contribution in [2.45, 2.75) is 69.9 Å². The summed E-state index contributed by atoms with van der Waals surface area (Å²) in [5, 5.41) is 6.26. The van der Waals surface area contributed by atoms with E-state index in [1.54, 1.807) is 31.2 Å². The molecule has 4 aliphatic carbocycles. The monoisotopic (exact) mass is 518 g/mol. The molecule has 2 aromatic carbocycles. The SMILES string of the molecule is CCOC(=O)c1ccc(C(OC(=O)CCCNC(=O)NC23CC4CC(CC(C4)C2)C3)c2ccccc2)cc1. The first-order chi connectivity index (χ1) is 18.4. The third-order valence-electron chi connectivity index (χ3n) is 8.34. The Balaban J connectivity index is 1.11. The number of rotatable bonds is 10. The average Bonchev–Trinajstić information content (AvgIpc) is 2.89. The van der Waals surface area contributed by atoms with E-state index in [0.29, 0.717) is 25.1 Å². The Bertz CT molecular complexity index is 1100. The van der Waals surface area contributed by atoms with E-state index in [9.17, 15) is 14.4 Å². The van der Waals surface area contributed by atoms with E-state index in [4.69, 9.17) is 9.47 Å². The minimum Gasteiger partial charge on any atom is -0.462 e. The van der Waals surface area contributed by atoms with Gasteiger partial charge in [0.05, 0.1) is 12.2 Å². The lowest BCUT2D eigenvalue weighted by Crippen LogP contribution is -2.61. The van der Waals surface area contributed by atoms with E-state index in [1.807, 2.05) is 30.3 Å². The predicted octanol–water partition coefficient (Wildman–Crippen LogP) is 5.54. The van der Waals surface area contributed by atoms with Gasteiger partial charge in [-0.15, -0.1) is 0 Å². The number of hydrogen-bond donors (Lipinski definition) is 2. The molecule has 4 aliphatic rings. The van der Waals surface area contributed by atoms with E-state index >= 15 is 0 Å². The third kappa shape index (κ3) is 6.20. The predicted molar refractivity (Wildman–Crippen MR) is 143 cm³/mol. The van der Waals surface area contributed by atoms with Crippen LogP contribution in [0.25, 0.3) is 0 Å². The molecule has 38 heavy (non-hydrogen) atoms. The summed E-state index contributed by atoms with van der Waals surface area (Å²) in [5.41, 5.74) is 2.04. The van der Waals surface area contributed by atoms with E-state index in [1.165, 1.54) is 19.3 Å². The zero-order valence-corrected chi connectivity index (χ0v) is 22.1. The lowest BCUT2D eigenvalue weighted by Gasteiger charge is -2.56. The van der Waals surface area contributed by atoms with E-state index < -0.39 is 6.10 Å². The number of hydrogen-bond acceptors (Lipinski definition) is 5. The van der Waals surface area contributed by atoms with Crippen LogP contribution < -0.4 is 10.6 Å². The normalized spacial score (nSPS) is 25.9. The van der Waals surface area contributed by atoms with E-state index in [-0.39, 0.29) is 29.9 Å². The van der Waals surface area contributed by atoms with Crippen molar-refractivity contribution in [1.82, 2.24) is 10.6 Å². The number of amides is 2. The molecule has 7 heteroatoms. The van der Waals surface area contributed by atoms with Crippen LogP contribution >= 0.6 is 0 Å². The maximum atomic E-state index is 12.8. The molecule has 1 unspecified atom stereocenters. The third-order valence-corrected chi connectivity index (χ3v) is 8.34. The standard InChI is InChI=1S/C31H38N2O5/c1-2-37-29(35)26-12-10-25(11-13-26)28(24-7-4-3-5-8-24)38-27(34)9-6-14-32-30(36)33-31-18-21-15-22(19-31)17-23(16-21)20-31/h3-5,7-8,10-13,21-23,28H,2,6,9,14-20H2,1H3,(H2,32,33,36). The van der Waals surface area contributed by atoms with Gasteiger partial charge in [0.15, 0.2) is 6.10 Å². The Morgan fingerprint density at radius 3 is 2.11 bits per heavy atom. The molecule has 0 saturated heterocycles. The molecule has 1 atom stereocenters. The van der Waals surface area contributed by atoms with Crippen molar-refractivity contribution < 1.29 is 23.9 Å². The van der Waals surface area contributed by atoms with Crippen LogP contribution in [0.4, 0.5) is 4.79 Å². The molecule has 4 fully saturated rings. The second-order valence-electron chi connectivity index (χ2n) is 11.3. The number of carbonyl (C=O) groups is 3. The average molecular weight is 519 g/mol. The summed E-state index contributed by atoms with van der Waals surface area (Å²) >= 11 is 0. The summed E-state index contributed by atoms with van der Waals surface area (Å²) in [5.74, 6) is 1.60. The minimum absolute atomic E-state index is 0.0243. The largest absolute Gasteiger partial charge is 0.462 e. The smallest absolute Gasteiger partial charge is 0.338 e. The fraction of sp³-hybridized carbons (Fsp3) is 0.516.